The van der Waals surface area contributed by atoms with Gasteiger partial charge >= 0.3 is 5.97 Å². The van der Waals surface area contributed by atoms with E-state index < -0.39 is 11.6 Å². The molecule has 0 aromatic carbocycles. The standard InChI is InChI=1S/C15H13ClN2O2S/c1-15(2,3)20-12(19)5-4-10-6-11-14(21-10)13(16)9(7-17)8-18-11/h4-6,8H,1-3H3. The lowest BCUT2D eigenvalue weighted by molar-refractivity contribution is -0.148. The highest BCUT2D eigenvalue weighted by atomic mass is 35.5. The number of rotatable bonds is 2. The highest BCUT2D eigenvalue weighted by Gasteiger charge is 2.14. The number of hydrogen-bond acceptors (Lipinski definition) is 5. The summed E-state index contributed by atoms with van der Waals surface area (Å²) in [5, 5.41) is 9.32. The average Bonchev–Trinajstić information content (AvgIpc) is 2.79. The molecule has 0 aliphatic carbocycles. The van der Waals surface area contributed by atoms with Crippen LogP contribution in [0.1, 0.15) is 31.2 Å². The maximum Gasteiger partial charge on any atom is 0.331 e. The molecule has 0 aliphatic rings. The number of pyridine rings is 1. The fourth-order valence-electron chi connectivity index (χ4n) is 1.61. The van der Waals surface area contributed by atoms with Gasteiger partial charge in [0.25, 0.3) is 0 Å². The van der Waals surface area contributed by atoms with Crippen LogP contribution >= 0.6 is 22.9 Å². The number of fused-ring (bicyclic) bond motifs is 1. The van der Waals surface area contributed by atoms with E-state index in [4.69, 9.17) is 21.6 Å². The Morgan fingerprint density at radius 1 is 1.52 bits per heavy atom. The van der Waals surface area contributed by atoms with Gasteiger partial charge < -0.3 is 4.74 Å². The summed E-state index contributed by atoms with van der Waals surface area (Å²) >= 11 is 7.51. The third-order valence-electron chi connectivity index (χ3n) is 2.41. The minimum absolute atomic E-state index is 0.341. The molecule has 0 aliphatic heterocycles. The van der Waals surface area contributed by atoms with Crippen LogP contribution in [0.15, 0.2) is 18.3 Å². The molecule has 0 radical (unpaired) electrons. The lowest BCUT2D eigenvalue weighted by atomic mass is 10.2. The highest BCUT2D eigenvalue weighted by molar-refractivity contribution is 7.20. The van der Waals surface area contributed by atoms with Crippen molar-refractivity contribution in [3.63, 3.8) is 0 Å². The zero-order valence-electron chi connectivity index (χ0n) is 11.8. The van der Waals surface area contributed by atoms with Gasteiger partial charge in [-0.3, -0.25) is 4.98 Å². The largest absolute Gasteiger partial charge is 0.457 e. The summed E-state index contributed by atoms with van der Waals surface area (Å²) in [5.41, 5.74) is 0.523. The van der Waals surface area contributed by atoms with Crippen LogP contribution in [0.5, 0.6) is 0 Å². The van der Waals surface area contributed by atoms with Gasteiger partial charge in [-0.1, -0.05) is 11.6 Å². The molecule has 6 heteroatoms. The van der Waals surface area contributed by atoms with E-state index >= 15 is 0 Å². The van der Waals surface area contributed by atoms with Crippen LogP contribution in [0.3, 0.4) is 0 Å². The van der Waals surface area contributed by atoms with Crippen LogP contribution in [-0.2, 0) is 9.53 Å². The highest BCUT2D eigenvalue weighted by Crippen LogP contribution is 2.33. The summed E-state index contributed by atoms with van der Waals surface area (Å²) in [4.78, 5) is 16.6. The molecule has 0 spiro atoms. The first kappa shape index (κ1) is 15.5. The number of hydrogen-bond donors (Lipinski definition) is 0. The van der Waals surface area contributed by atoms with Gasteiger partial charge in [-0.25, -0.2) is 4.79 Å². The number of nitriles is 1. The smallest absolute Gasteiger partial charge is 0.331 e. The van der Waals surface area contributed by atoms with Crippen molar-refractivity contribution in [1.29, 1.82) is 5.26 Å². The SMILES string of the molecule is CC(C)(C)OC(=O)C=Cc1cc2ncc(C#N)c(Cl)c2s1. The van der Waals surface area contributed by atoms with Gasteiger partial charge in [0.05, 0.1) is 20.8 Å². The summed E-state index contributed by atoms with van der Waals surface area (Å²) in [7, 11) is 0. The molecule has 21 heavy (non-hydrogen) atoms. The van der Waals surface area contributed by atoms with Gasteiger partial charge in [0.1, 0.15) is 11.7 Å². The molecule has 4 nitrogen and oxygen atoms in total. The fraction of sp³-hybridized carbons (Fsp3) is 0.267. The van der Waals surface area contributed by atoms with Crippen molar-refractivity contribution in [2.45, 2.75) is 26.4 Å². The molecule has 108 valence electrons. The number of carbonyl (C=O) groups excluding carboxylic acids is 1. The van der Waals surface area contributed by atoms with Crippen molar-refractivity contribution in [2.75, 3.05) is 0 Å². The maximum absolute atomic E-state index is 11.6. The van der Waals surface area contributed by atoms with E-state index in [-0.39, 0.29) is 0 Å². The molecular weight excluding hydrogens is 308 g/mol. The van der Waals surface area contributed by atoms with Crippen molar-refractivity contribution in [3.8, 4) is 6.07 Å². The van der Waals surface area contributed by atoms with Gasteiger partial charge in [-0.2, -0.15) is 5.26 Å². The molecule has 0 fully saturated rings. The number of thiophene rings is 1. The molecule has 0 amide bonds. The summed E-state index contributed by atoms with van der Waals surface area (Å²) in [5.74, 6) is -0.406. The molecule has 0 saturated heterocycles. The second kappa shape index (κ2) is 5.84. The summed E-state index contributed by atoms with van der Waals surface area (Å²) < 4.78 is 5.92. The first-order valence-electron chi connectivity index (χ1n) is 6.19. The minimum atomic E-state index is -0.520. The van der Waals surface area contributed by atoms with Crippen LogP contribution < -0.4 is 0 Å². The molecule has 0 saturated carbocycles. The number of ether oxygens (including phenoxy) is 1. The molecule has 0 atom stereocenters. The third kappa shape index (κ3) is 3.81. The molecule has 0 unspecified atom stereocenters. The lowest BCUT2D eigenvalue weighted by Gasteiger charge is -2.17. The average molecular weight is 321 g/mol. The van der Waals surface area contributed by atoms with Crippen LogP contribution in [0.2, 0.25) is 5.02 Å². The Morgan fingerprint density at radius 3 is 2.86 bits per heavy atom. The zero-order chi connectivity index (χ0) is 15.6. The van der Waals surface area contributed by atoms with Gasteiger partial charge in [0, 0.05) is 17.2 Å². The molecule has 2 aromatic heterocycles. The van der Waals surface area contributed by atoms with Crippen molar-refractivity contribution in [3.05, 3.63) is 33.8 Å². The number of esters is 1. The van der Waals surface area contributed by atoms with Gasteiger partial charge in [-0.15, -0.1) is 11.3 Å². The van der Waals surface area contributed by atoms with Crippen molar-refractivity contribution in [2.24, 2.45) is 0 Å². The Kier molecular flexibility index (Phi) is 4.31. The van der Waals surface area contributed by atoms with Crippen molar-refractivity contribution >= 4 is 45.2 Å². The predicted octanol–water partition coefficient (Wildman–Crippen LogP) is 4.18. The third-order valence-corrected chi connectivity index (χ3v) is 4.02. The van der Waals surface area contributed by atoms with E-state index in [1.54, 1.807) is 6.08 Å². The molecule has 0 N–H and O–H groups in total. The Balaban J connectivity index is 2.27. The summed E-state index contributed by atoms with van der Waals surface area (Å²) in [6, 6.07) is 3.81. The van der Waals surface area contributed by atoms with E-state index in [1.807, 2.05) is 32.9 Å². The molecular formula is C15H13ClN2O2S. The van der Waals surface area contributed by atoms with Gasteiger partial charge in [0.2, 0.25) is 0 Å². The topological polar surface area (TPSA) is 63.0 Å². The Morgan fingerprint density at radius 2 is 2.24 bits per heavy atom. The number of carbonyl (C=O) groups is 1. The van der Waals surface area contributed by atoms with E-state index in [0.717, 1.165) is 9.58 Å². The maximum atomic E-state index is 11.6. The zero-order valence-corrected chi connectivity index (χ0v) is 13.4. The first-order chi connectivity index (χ1) is 9.80. The number of nitrogens with zero attached hydrogens (tertiary/aromatic N) is 2. The first-order valence-corrected chi connectivity index (χ1v) is 7.39. The lowest BCUT2D eigenvalue weighted by Crippen LogP contribution is -2.22. The molecule has 0 bridgehead atoms. The van der Waals surface area contributed by atoms with E-state index in [1.165, 1.54) is 23.6 Å². The van der Waals surface area contributed by atoms with Crippen LogP contribution in [0, 0.1) is 11.3 Å². The number of halogens is 1. The quantitative estimate of drug-likeness (QED) is 0.615. The molecule has 2 rings (SSSR count). The Hall–Kier alpha value is -1.90. The fourth-order valence-corrected chi connectivity index (χ4v) is 2.87. The summed E-state index contributed by atoms with van der Waals surface area (Å²) in [6.45, 7) is 5.43. The Bertz CT molecular complexity index is 766. The van der Waals surface area contributed by atoms with E-state index in [0.29, 0.717) is 16.1 Å². The second-order valence-electron chi connectivity index (χ2n) is 5.33. The van der Waals surface area contributed by atoms with Crippen LogP contribution in [-0.4, -0.2) is 16.6 Å². The molecule has 2 heterocycles. The van der Waals surface area contributed by atoms with Gasteiger partial charge in [-0.05, 0) is 32.9 Å². The normalized spacial score (nSPS) is 11.8. The Labute approximate surface area is 131 Å². The van der Waals surface area contributed by atoms with Crippen LogP contribution in [0.25, 0.3) is 16.3 Å². The minimum Gasteiger partial charge on any atom is -0.457 e. The van der Waals surface area contributed by atoms with Crippen molar-refractivity contribution in [1.82, 2.24) is 4.98 Å². The predicted molar refractivity (Wildman–Crippen MR) is 84.2 cm³/mol. The van der Waals surface area contributed by atoms with Crippen molar-refractivity contribution < 1.29 is 9.53 Å². The monoisotopic (exact) mass is 320 g/mol. The number of aromatic nitrogens is 1. The summed E-state index contributed by atoms with van der Waals surface area (Å²) in [6.07, 6.45) is 4.47. The van der Waals surface area contributed by atoms with E-state index in [9.17, 15) is 4.79 Å². The van der Waals surface area contributed by atoms with Gasteiger partial charge in [0.15, 0.2) is 0 Å². The van der Waals surface area contributed by atoms with Crippen LogP contribution in [0.4, 0.5) is 0 Å². The second-order valence-corrected chi connectivity index (χ2v) is 6.79. The van der Waals surface area contributed by atoms with E-state index in [2.05, 4.69) is 4.98 Å². The molecule has 2 aromatic rings.